The van der Waals surface area contributed by atoms with Crippen molar-refractivity contribution >= 4 is 38.5 Å². The van der Waals surface area contributed by atoms with E-state index in [-0.39, 0.29) is 11.9 Å². The second kappa shape index (κ2) is 6.10. The van der Waals surface area contributed by atoms with Crippen LogP contribution in [-0.4, -0.2) is 0 Å². The van der Waals surface area contributed by atoms with Gasteiger partial charge in [-0.1, -0.05) is 24.3 Å². The molecule has 0 aliphatic carbocycles. The van der Waals surface area contributed by atoms with Crippen molar-refractivity contribution in [3.05, 3.63) is 67.5 Å². The van der Waals surface area contributed by atoms with E-state index in [1.165, 1.54) is 0 Å². The lowest BCUT2D eigenvalue weighted by molar-refractivity contribution is 0.556. The molecule has 2 aromatic rings. The molecule has 0 aromatic heterocycles. The van der Waals surface area contributed by atoms with Crippen LogP contribution < -0.4 is 11.3 Å². The summed E-state index contributed by atoms with van der Waals surface area (Å²) in [6, 6.07) is 12.6. The number of benzene rings is 2. The molecular weight excluding hydrogens is 410 g/mol. The first-order valence-electron chi connectivity index (χ1n) is 5.29. The lowest BCUT2D eigenvalue weighted by Gasteiger charge is -2.18. The van der Waals surface area contributed by atoms with Crippen LogP contribution in [0.4, 0.5) is 4.39 Å². The topological polar surface area (TPSA) is 38.0 Å². The van der Waals surface area contributed by atoms with Gasteiger partial charge in [0.2, 0.25) is 0 Å². The van der Waals surface area contributed by atoms with Gasteiger partial charge in [0.15, 0.2) is 0 Å². The molecule has 18 heavy (non-hydrogen) atoms. The Kier molecular flexibility index (Phi) is 4.71. The van der Waals surface area contributed by atoms with Gasteiger partial charge in [0, 0.05) is 9.13 Å². The quantitative estimate of drug-likeness (QED) is 0.451. The van der Waals surface area contributed by atoms with Gasteiger partial charge in [-0.3, -0.25) is 5.84 Å². The standard InChI is InChI=1S/C13H11BrFIN2/c14-11-3-1-2-10(12(11)15)13(18-17)8-4-6-9(16)7-5-8/h1-7,13,18H,17H2. The lowest BCUT2D eigenvalue weighted by Crippen LogP contribution is -2.29. The average Bonchev–Trinajstić information content (AvgIpc) is 2.37. The predicted molar refractivity (Wildman–Crippen MR) is 82.4 cm³/mol. The summed E-state index contributed by atoms with van der Waals surface area (Å²) in [6.45, 7) is 0. The number of nitrogens with one attached hydrogen (secondary N) is 1. The smallest absolute Gasteiger partial charge is 0.142 e. The van der Waals surface area contributed by atoms with Crippen molar-refractivity contribution < 1.29 is 4.39 Å². The molecule has 2 rings (SSSR count). The third-order valence-corrected chi connectivity index (χ3v) is 3.99. The van der Waals surface area contributed by atoms with Crippen molar-refractivity contribution in [3.8, 4) is 0 Å². The number of hydrazine groups is 1. The van der Waals surface area contributed by atoms with Crippen LogP contribution in [0.2, 0.25) is 0 Å². The van der Waals surface area contributed by atoms with Gasteiger partial charge in [0.1, 0.15) is 5.82 Å². The Hall–Kier alpha value is -0.500. The first-order chi connectivity index (χ1) is 8.63. The van der Waals surface area contributed by atoms with Gasteiger partial charge in [-0.05, 0) is 62.3 Å². The van der Waals surface area contributed by atoms with E-state index in [1.807, 2.05) is 24.3 Å². The molecule has 0 spiro atoms. The Morgan fingerprint density at radius 2 is 1.83 bits per heavy atom. The number of rotatable bonds is 3. The highest BCUT2D eigenvalue weighted by atomic mass is 127. The Balaban J connectivity index is 2.45. The maximum atomic E-state index is 14.1. The number of nitrogens with two attached hydrogens (primary N) is 1. The monoisotopic (exact) mass is 420 g/mol. The van der Waals surface area contributed by atoms with Gasteiger partial charge in [0.25, 0.3) is 0 Å². The largest absolute Gasteiger partial charge is 0.271 e. The zero-order valence-electron chi connectivity index (χ0n) is 9.33. The van der Waals surface area contributed by atoms with Gasteiger partial charge in [-0.2, -0.15) is 0 Å². The molecule has 2 nitrogen and oxygen atoms in total. The maximum Gasteiger partial charge on any atom is 0.142 e. The molecule has 0 amide bonds. The lowest BCUT2D eigenvalue weighted by atomic mass is 9.99. The van der Waals surface area contributed by atoms with Crippen LogP contribution in [0.1, 0.15) is 17.2 Å². The van der Waals surface area contributed by atoms with E-state index >= 15 is 0 Å². The minimum atomic E-state index is -0.362. The molecule has 0 aliphatic heterocycles. The van der Waals surface area contributed by atoms with Crippen molar-refractivity contribution in [2.75, 3.05) is 0 Å². The van der Waals surface area contributed by atoms with Crippen molar-refractivity contribution in [1.29, 1.82) is 0 Å². The second-order valence-electron chi connectivity index (χ2n) is 3.79. The highest BCUT2D eigenvalue weighted by Gasteiger charge is 2.17. The molecule has 1 atom stereocenters. The molecule has 1 unspecified atom stereocenters. The fraction of sp³-hybridized carbons (Fsp3) is 0.0769. The minimum Gasteiger partial charge on any atom is -0.271 e. The molecule has 0 fully saturated rings. The number of halogens is 3. The molecule has 94 valence electrons. The zero-order chi connectivity index (χ0) is 13.1. The first kappa shape index (κ1) is 13.9. The van der Waals surface area contributed by atoms with Gasteiger partial charge in [0.05, 0.1) is 10.5 Å². The van der Waals surface area contributed by atoms with Crippen LogP contribution in [0.3, 0.4) is 0 Å². The van der Waals surface area contributed by atoms with E-state index in [1.54, 1.807) is 18.2 Å². The van der Waals surface area contributed by atoms with Crippen LogP contribution >= 0.6 is 38.5 Å². The van der Waals surface area contributed by atoms with Crippen molar-refractivity contribution in [1.82, 2.24) is 5.43 Å². The second-order valence-corrected chi connectivity index (χ2v) is 5.89. The summed E-state index contributed by atoms with van der Waals surface area (Å²) in [5.74, 6) is 5.27. The average molecular weight is 421 g/mol. The Morgan fingerprint density at radius 3 is 2.44 bits per heavy atom. The van der Waals surface area contributed by atoms with E-state index in [0.717, 1.165) is 9.13 Å². The first-order valence-corrected chi connectivity index (χ1v) is 7.16. The van der Waals surface area contributed by atoms with Gasteiger partial charge < -0.3 is 0 Å². The summed E-state index contributed by atoms with van der Waals surface area (Å²) in [6.07, 6.45) is 0. The Bertz CT molecular complexity index is 545. The minimum absolute atomic E-state index is 0.293. The highest BCUT2D eigenvalue weighted by molar-refractivity contribution is 14.1. The molecular formula is C13H11BrFIN2. The zero-order valence-corrected chi connectivity index (χ0v) is 13.1. The summed E-state index contributed by atoms with van der Waals surface area (Å²) in [7, 11) is 0. The van der Waals surface area contributed by atoms with E-state index in [9.17, 15) is 4.39 Å². The van der Waals surface area contributed by atoms with E-state index < -0.39 is 0 Å². The van der Waals surface area contributed by atoms with Crippen LogP contribution in [0.25, 0.3) is 0 Å². The van der Waals surface area contributed by atoms with Crippen LogP contribution in [0, 0.1) is 9.39 Å². The summed E-state index contributed by atoms with van der Waals surface area (Å²) < 4.78 is 15.6. The van der Waals surface area contributed by atoms with Crippen LogP contribution in [0.5, 0.6) is 0 Å². The number of hydrogen-bond donors (Lipinski definition) is 2. The van der Waals surface area contributed by atoms with Crippen LogP contribution in [-0.2, 0) is 0 Å². The van der Waals surface area contributed by atoms with E-state index in [0.29, 0.717) is 10.0 Å². The van der Waals surface area contributed by atoms with Crippen molar-refractivity contribution in [2.45, 2.75) is 6.04 Å². The molecule has 0 radical (unpaired) electrons. The molecule has 0 bridgehead atoms. The predicted octanol–water partition coefficient (Wildman–Crippen LogP) is 3.75. The summed E-state index contributed by atoms with van der Waals surface area (Å²) >= 11 is 5.41. The molecule has 3 N–H and O–H groups in total. The normalized spacial score (nSPS) is 12.4. The fourth-order valence-electron chi connectivity index (χ4n) is 1.76. The molecule has 2 aromatic carbocycles. The van der Waals surface area contributed by atoms with Crippen molar-refractivity contribution in [3.63, 3.8) is 0 Å². The maximum absolute atomic E-state index is 14.1. The highest BCUT2D eigenvalue weighted by Crippen LogP contribution is 2.28. The summed E-state index contributed by atoms with van der Waals surface area (Å²) in [4.78, 5) is 0. The van der Waals surface area contributed by atoms with Crippen molar-refractivity contribution in [2.24, 2.45) is 5.84 Å². The molecule has 0 heterocycles. The number of hydrogen-bond acceptors (Lipinski definition) is 2. The third-order valence-electron chi connectivity index (χ3n) is 2.66. The molecule has 5 heteroatoms. The summed E-state index contributed by atoms with van der Waals surface area (Å²) in [5, 5.41) is 0. The fourth-order valence-corrected chi connectivity index (χ4v) is 2.51. The SMILES string of the molecule is NNC(c1ccc(I)cc1)c1cccc(Br)c1F. The Labute approximate surface area is 127 Å². The summed E-state index contributed by atoms with van der Waals surface area (Å²) in [5.41, 5.74) is 4.11. The molecule has 0 saturated carbocycles. The van der Waals surface area contributed by atoms with Crippen LogP contribution in [0.15, 0.2) is 46.9 Å². The molecule has 0 saturated heterocycles. The Morgan fingerprint density at radius 1 is 1.17 bits per heavy atom. The molecule has 0 aliphatic rings. The van der Waals surface area contributed by atoms with E-state index in [2.05, 4.69) is 43.9 Å². The third kappa shape index (κ3) is 2.90. The van der Waals surface area contributed by atoms with Gasteiger partial charge >= 0.3 is 0 Å². The van der Waals surface area contributed by atoms with E-state index in [4.69, 9.17) is 5.84 Å². The van der Waals surface area contributed by atoms with Gasteiger partial charge in [-0.15, -0.1) is 0 Å². The van der Waals surface area contributed by atoms with Gasteiger partial charge in [-0.25, -0.2) is 9.82 Å².